The molecule has 11 heteroatoms. The van der Waals surface area contributed by atoms with Crippen LogP contribution in [0.2, 0.25) is 0 Å². The predicted octanol–water partition coefficient (Wildman–Crippen LogP) is 2.02. The minimum absolute atomic E-state index is 0.109. The van der Waals surface area contributed by atoms with Gasteiger partial charge in [-0.25, -0.2) is 0 Å². The summed E-state index contributed by atoms with van der Waals surface area (Å²) in [7, 11) is 1.35. The Labute approximate surface area is 177 Å². The van der Waals surface area contributed by atoms with Gasteiger partial charge in [-0.2, -0.15) is 0 Å². The van der Waals surface area contributed by atoms with Crippen LogP contribution in [0.25, 0.3) is 0 Å². The van der Waals surface area contributed by atoms with Gasteiger partial charge < -0.3 is 23.9 Å². The molecule has 2 rings (SSSR count). The summed E-state index contributed by atoms with van der Waals surface area (Å²) in [6, 6.07) is 0.164. The lowest BCUT2D eigenvalue weighted by molar-refractivity contribution is -0.132. The lowest BCUT2D eigenvalue weighted by Gasteiger charge is -2.23. The number of aryl methyl sites for hydroxylation is 2. The maximum Gasteiger partial charge on any atom is 0.324 e. The quantitative estimate of drug-likeness (QED) is 0.348. The number of nitrogens with zero attached hydrogens (tertiary/aromatic N) is 4. The van der Waals surface area contributed by atoms with Crippen LogP contribution in [-0.4, -0.2) is 68.2 Å². The van der Waals surface area contributed by atoms with E-state index in [4.69, 9.17) is 20.9 Å². The number of β-amino-alcohol motifs (C(OH)–C–C–N with tert-alkyl or cyclic N) is 1. The summed E-state index contributed by atoms with van der Waals surface area (Å²) in [6.45, 7) is 0.494. The van der Waals surface area contributed by atoms with Gasteiger partial charge in [0.1, 0.15) is 0 Å². The fraction of sp³-hybridized carbons (Fsp3) is 0.833. The average molecular weight is 449 g/mol. The summed E-state index contributed by atoms with van der Waals surface area (Å²) in [6.07, 6.45) is 7.74. The predicted molar refractivity (Wildman–Crippen MR) is 113 cm³/mol. The van der Waals surface area contributed by atoms with Crippen LogP contribution in [0.15, 0.2) is 6.20 Å². The first-order valence-corrected chi connectivity index (χ1v) is 12.8. The first kappa shape index (κ1) is 24.4. The Kier molecular flexibility index (Phi) is 10.1. The van der Waals surface area contributed by atoms with Crippen molar-refractivity contribution in [2.75, 3.05) is 20.3 Å². The Morgan fingerprint density at radius 2 is 2.17 bits per heavy atom. The van der Waals surface area contributed by atoms with Crippen LogP contribution in [0.1, 0.15) is 57.6 Å². The number of amides is 1. The number of aliphatic hydroxyl groups excluding tert-OH is 1. The van der Waals surface area contributed by atoms with Gasteiger partial charge in [0, 0.05) is 38.9 Å². The van der Waals surface area contributed by atoms with Gasteiger partial charge in [-0.3, -0.25) is 9.48 Å². The average Bonchev–Trinajstić information content (AvgIpc) is 3.30. The van der Waals surface area contributed by atoms with E-state index in [2.05, 4.69) is 10.3 Å². The van der Waals surface area contributed by atoms with Crippen LogP contribution >= 0.6 is 6.72 Å². The summed E-state index contributed by atoms with van der Waals surface area (Å²) >= 11 is 4.77. The molecule has 1 fully saturated rings. The number of hydrogen-bond donors (Lipinski definition) is 2. The molecule has 1 unspecified atom stereocenters. The van der Waals surface area contributed by atoms with Gasteiger partial charge in [0.25, 0.3) is 0 Å². The number of unbranched alkanes of at least 4 members (excludes halogenated alkanes) is 2. The van der Waals surface area contributed by atoms with Crippen molar-refractivity contribution in [2.24, 2.45) is 0 Å². The second-order valence-electron chi connectivity index (χ2n) is 7.37. The van der Waals surface area contributed by atoms with Gasteiger partial charge in [-0.1, -0.05) is 18.6 Å². The maximum atomic E-state index is 12.4. The molecule has 1 aliphatic heterocycles. The molecule has 0 saturated carbocycles. The topological polar surface area (TPSA) is 110 Å². The Hall–Kier alpha value is -0.900. The zero-order valence-electron chi connectivity index (χ0n) is 17.3. The van der Waals surface area contributed by atoms with E-state index in [9.17, 15) is 14.8 Å². The van der Waals surface area contributed by atoms with E-state index in [1.807, 2.05) is 18.0 Å². The highest BCUT2D eigenvalue weighted by Gasteiger charge is 2.32. The molecule has 166 valence electrons. The second-order valence-corrected chi connectivity index (χ2v) is 10.3. The molecule has 1 aliphatic rings. The van der Waals surface area contributed by atoms with Crippen LogP contribution in [0.5, 0.6) is 0 Å². The number of rotatable bonds is 13. The van der Waals surface area contributed by atoms with Crippen LogP contribution in [-0.2, 0) is 38.6 Å². The Morgan fingerprint density at radius 3 is 2.90 bits per heavy atom. The SMILES string of the molecule is CC[C@@H]1C[C@H](O)CN1C(=O)CCCn1cc(CCCCCOP(O)(=S)OC)nn1. The molecular weight excluding hydrogens is 415 g/mol. The van der Waals surface area contributed by atoms with Gasteiger partial charge in [-0.15, -0.1) is 5.10 Å². The van der Waals surface area contributed by atoms with Crippen molar-refractivity contribution in [3.05, 3.63) is 11.9 Å². The standard InChI is InChI=1S/C18H33N4O5PS/c1-3-16-12-17(23)14-22(16)18(24)9-7-10-21-13-15(19-20-21)8-5-4-6-11-27-28(25,29)26-2/h13,16-17,23H,3-12,14H2,1-2H3,(H,25,29)/t16-,17+,28?/m1/s1. The third-order valence-electron chi connectivity index (χ3n) is 5.11. The van der Waals surface area contributed by atoms with Crippen molar-refractivity contribution >= 4 is 24.4 Å². The highest BCUT2D eigenvalue weighted by molar-refractivity contribution is 8.07. The highest BCUT2D eigenvalue weighted by atomic mass is 32.5. The number of aliphatic hydroxyl groups is 1. The van der Waals surface area contributed by atoms with Crippen molar-refractivity contribution < 1.29 is 23.8 Å². The number of carbonyl (C=O) groups is 1. The van der Waals surface area contributed by atoms with Crippen LogP contribution in [0.3, 0.4) is 0 Å². The Morgan fingerprint density at radius 1 is 1.38 bits per heavy atom. The van der Waals surface area contributed by atoms with E-state index in [-0.39, 0.29) is 11.9 Å². The highest BCUT2D eigenvalue weighted by Crippen LogP contribution is 2.42. The van der Waals surface area contributed by atoms with Gasteiger partial charge >= 0.3 is 6.72 Å². The molecule has 9 nitrogen and oxygen atoms in total. The van der Waals surface area contributed by atoms with Crippen LogP contribution in [0.4, 0.5) is 0 Å². The van der Waals surface area contributed by atoms with E-state index in [0.29, 0.717) is 39.0 Å². The number of likely N-dealkylation sites (tertiary alicyclic amines) is 1. The van der Waals surface area contributed by atoms with Crippen molar-refractivity contribution in [3.8, 4) is 0 Å². The lowest BCUT2D eigenvalue weighted by atomic mass is 10.1. The van der Waals surface area contributed by atoms with Gasteiger partial charge in [-0.05, 0) is 50.3 Å². The molecule has 0 spiro atoms. The molecule has 0 aliphatic carbocycles. The lowest BCUT2D eigenvalue weighted by Crippen LogP contribution is -2.35. The van der Waals surface area contributed by atoms with Crippen molar-refractivity contribution in [3.63, 3.8) is 0 Å². The minimum atomic E-state index is -3.04. The molecule has 1 saturated heterocycles. The van der Waals surface area contributed by atoms with E-state index in [1.165, 1.54) is 7.11 Å². The summed E-state index contributed by atoms with van der Waals surface area (Å²) in [5, 5.41) is 18.1. The number of aromatic nitrogens is 3. The molecule has 0 bridgehead atoms. The molecule has 0 radical (unpaired) electrons. The second kappa shape index (κ2) is 12.1. The molecule has 1 aromatic heterocycles. The normalized spacial score (nSPS) is 21.4. The smallest absolute Gasteiger partial charge is 0.324 e. The summed E-state index contributed by atoms with van der Waals surface area (Å²) in [4.78, 5) is 23.7. The van der Waals surface area contributed by atoms with Crippen molar-refractivity contribution in [2.45, 2.75) is 77.0 Å². The molecular formula is C18H33N4O5PS. The van der Waals surface area contributed by atoms with Crippen LogP contribution in [0, 0.1) is 0 Å². The van der Waals surface area contributed by atoms with Gasteiger partial charge in [0.05, 0.1) is 18.4 Å². The molecule has 1 aromatic rings. The first-order valence-electron chi connectivity index (χ1n) is 10.2. The Bertz CT molecular complexity index is 689. The van der Waals surface area contributed by atoms with E-state index < -0.39 is 12.8 Å². The number of carbonyl (C=O) groups excluding carboxylic acids is 1. The van der Waals surface area contributed by atoms with Crippen molar-refractivity contribution in [1.29, 1.82) is 0 Å². The maximum absolute atomic E-state index is 12.4. The van der Waals surface area contributed by atoms with Gasteiger partial charge in [0.2, 0.25) is 5.91 Å². The minimum Gasteiger partial charge on any atom is -0.391 e. The molecule has 2 N–H and O–H groups in total. The fourth-order valence-electron chi connectivity index (χ4n) is 3.50. The van der Waals surface area contributed by atoms with E-state index in [0.717, 1.165) is 37.8 Å². The number of hydrogen-bond acceptors (Lipinski definition) is 7. The van der Waals surface area contributed by atoms with E-state index in [1.54, 1.807) is 4.68 Å². The molecule has 0 aromatic carbocycles. The molecule has 2 heterocycles. The zero-order valence-corrected chi connectivity index (χ0v) is 19.0. The van der Waals surface area contributed by atoms with Gasteiger partial charge in [0.15, 0.2) is 0 Å². The third kappa shape index (κ3) is 8.39. The van der Waals surface area contributed by atoms with Crippen molar-refractivity contribution in [1.82, 2.24) is 19.9 Å². The monoisotopic (exact) mass is 448 g/mol. The first-order chi connectivity index (χ1) is 13.8. The summed E-state index contributed by atoms with van der Waals surface area (Å²) < 4.78 is 11.6. The van der Waals surface area contributed by atoms with E-state index >= 15 is 0 Å². The fourth-order valence-corrected chi connectivity index (χ4v) is 4.19. The Balaban J connectivity index is 1.60. The summed E-state index contributed by atoms with van der Waals surface area (Å²) in [5.41, 5.74) is 0.926. The molecule has 1 amide bonds. The largest absolute Gasteiger partial charge is 0.391 e. The molecule has 3 atom stereocenters. The zero-order chi connectivity index (χ0) is 21.3. The summed E-state index contributed by atoms with van der Waals surface area (Å²) in [5.74, 6) is 0.109. The van der Waals surface area contributed by atoms with Crippen LogP contribution < -0.4 is 0 Å². The molecule has 29 heavy (non-hydrogen) atoms. The third-order valence-corrected chi connectivity index (χ3v) is 6.84.